The largest absolute Gasteiger partial charge is 0.448 e. The van der Waals surface area contributed by atoms with Crippen molar-refractivity contribution in [3.05, 3.63) is 24.3 Å². The van der Waals surface area contributed by atoms with Crippen LogP contribution in [0.5, 0.6) is 11.5 Å². The maximum Gasteiger partial charge on any atom is 0.448 e. The number of hydrogen-bond donors (Lipinski definition) is 0. The van der Waals surface area contributed by atoms with E-state index in [0.717, 1.165) is 50.5 Å². The molecule has 1 aromatic carbocycles. The van der Waals surface area contributed by atoms with E-state index in [4.69, 9.17) is 14.2 Å². The summed E-state index contributed by atoms with van der Waals surface area (Å²) >= 11 is 0. The molecule has 0 spiro atoms. The van der Waals surface area contributed by atoms with E-state index >= 15 is 0 Å². The van der Waals surface area contributed by atoms with E-state index in [0.29, 0.717) is 6.73 Å². The Balaban J connectivity index is 2.07. The highest BCUT2D eigenvalue weighted by Gasteiger charge is 2.46. The molecule has 0 atom stereocenters. The Bertz CT molecular complexity index is 902. The minimum Gasteiger partial charge on any atom is -0.417 e. The van der Waals surface area contributed by atoms with Crippen LogP contribution in [0.2, 0.25) is 0 Å². The first-order chi connectivity index (χ1) is 28.2. The van der Waals surface area contributed by atoms with Crippen molar-refractivity contribution in [1.82, 2.24) is 9.80 Å². The molecule has 334 valence electrons. The molecule has 0 radical (unpaired) electrons. The Morgan fingerprint density at radius 2 is 0.596 bits per heavy atom. The number of rotatable bonds is 44. The number of fused-ring (bicyclic) bond motifs is 4. The summed E-state index contributed by atoms with van der Waals surface area (Å²) in [6, 6.07) is 8.21. The highest BCUT2D eigenvalue weighted by atomic mass is 16.9. The van der Waals surface area contributed by atoms with Crippen LogP contribution in [0.15, 0.2) is 24.3 Å². The lowest BCUT2D eigenvalue weighted by atomic mass is 10.1. The van der Waals surface area contributed by atoms with Crippen LogP contribution in [0.25, 0.3) is 0 Å². The maximum atomic E-state index is 7.07. The standard InChI is InChI=1S/C52H98N2O3/c1-5-9-13-17-21-25-29-33-37-45-53(46-38-34-30-26-22-18-14-10-6-2)49-55-52(56-50-41-42-51(57-52)44-43-50)54(47-39-35-31-27-23-19-15-11-7-3)48-40-36-32-28-24-20-16-12-8-4/h41-44H,5-40,45-49H2,1-4H3. The molecule has 2 aliphatic rings. The van der Waals surface area contributed by atoms with E-state index in [1.54, 1.807) is 0 Å². The van der Waals surface area contributed by atoms with Crippen molar-refractivity contribution in [1.29, 1.82) is 0 Å². The summed E-state index contributed by atoms with van der Waals surface area (Å²) in [6.07, 6.45) is 47.1. The lowest BCUT2D eigenvalue weighted by Gasteiger charge is -2.41. The van der Waals surface area contributed by atoms with Crippen molar-refractivity contribution in [2.24, 2.45) is 0 Å². The average molecular weight is 799 g/mol. The van der Waals surface area contributed by atoms with Crippen LogP contribution in [0, 0.1) is 0 Å². The van der Waals surface area contributed by atoms with E-state index in [1.807, 2.05) is 0 Å². The summed E-state index contributed by atoms with van der Waals surface area (Å²) in [5.74, 6) is 1.68. The van der Waals surface area contributed by atoms with E-state index in [1.165, 1.54) is 218 Å². The van der Waals surface area contributed by atoms with Gasteiger partial charge in [0.1, 0.15) is 18.2 Å². The van der Waals surface area contributed by atoms with Gasteiger partial charge in [0.25, 0.3) is 0 Å². The molecule has 2 heterocycles. The van der Waals surface area contributed by atoms with Crippen LogP contribution in [-0.2, 0) is 4.74 Å². The Labute approximate surface area is 356 Å². The van der Waals surface area contributed by atoms with Crippen LogP contribution in [0.3, 0.4) is 0 Å². The van der Waals surface area contributed by atoms with Crippen molar-refractivity contribution in [2.45, 2.75) is 265 Å². The normalized spacial score (nSPS) is 13.4. The number of benzene rings is 1. The quantitative estimate of drug-likeness (QED) is 0.0485. The first-order valence-corrected chi connectivity index (χ1v) is 25.8. The monoisotopic (exact) mass is 799 g/mol. The molecular formula is C52H98N2O3. The molecule has 0 amide bonds. The van der Waals surface area contributed by atoms with Crippen LogP contribution in [0.1, 0.15) is 259 Å². The van der Waals surface area contributed by atoms with Gasteiger partial charge in [-0.05, 0) is 49.9 Å². The first-order valence-electron chi connectivity index (χ1n) is 25.8. The van der Waals surface area contributed by atoms with Crippen molar-refractivity contribution in [3.63, 3.8) is 0 Å². The fourth-order valence-corrected chi connectivity index (χ4v) is 8.49. The Hall–Kier alpha value is -1.30. The van der Waals surface area contributed by atoms with Gasteiger partial charge in [-0.2, -0.15) is 0 Å². The number of hydrogen-bond acceptors (Lipinski definition) is 5. The third kappa shape index (κ3) is 27.2. The van der Waals surface area contributed by atoms with Gasteiger partial charge in [-0.1, -0.05) is 233 Å². The summed E-state index contributed by atoms with van der Waals surface area (Å²) in [7, 11) is 0. The minimum atomic E-state index is -1.23. The lowest BCUT2D eigenvalue weighted by Crippen LogP contribution is -2.60. The molecular weight excluding hydrogens is 701 g/mol. The molecule has 0 aliphatic carbocycles. The number of nitrogens with zero attached hydrogens (tertiary/aromatic N) is 2. The topological polar surface area (TPSA) is 34.2 Å². The van der Waals surface area contributed by atoms with Gasteiger partial charge < -0.3 is 9.47 Å². The lowest BCUT2D eigenvalue weighted by molar-refractivity contribution is -0.387. The molecule has 3 rings (SSSR count). The molecule has 2 aliphatic heterocycles. The molecule has 5 nitrogen and oxygen atoms in total. The van der Waals surface area contributed by atoms with Crippen LogP contribution < -0.4 is 9.47 Å². The van der Waals surface area contributed by atoms with Crippen LogP contribution in [-0.4, -0.2) is 48.8 Å². The van der Waals surface area contributed by atoms with E-state index in [9.17, 15) is 0 Å². The van der Waals surface area contributed by atoms with E-state index in [-0.39, 0.29) is 0 Å². The predicted octanol–water partition coefficient (Wildman–Crippen LogP) is 16.8. The zero-order valence-corrected chi connectivity index (χ0v) is 38.9. The zero-order chi connectivity index (χ0) is 40.8. The third-order valence-electron chi connectivity index (χ3n) is 12.4. The van der Waals surface area contributed by atoms with Crippen LogP contribution >= 0.6 is 0 Å². The van der Waals surface area contributed by atoms with Crippen molar-refractivity contribution in [3.8, 4) is 11.5 Å². The number of ether oxygens (including phenoxy) is 3. The van der Waals surface area contributed by atoms with Crippen molar-refractivity contribution < 1.29 is 14.2 Å². The fourth-order valence-electron chi connectivity index (χ4n) is 8.49. The summed E-state index contributed by atoms with van der Waals surface area (Å²) < 4.78 is 20.8. The molecule has 0 N–H and O–H groups in total. The average Bonchev–Trinajstić information content (AvgIpc) is 3.52. The second-order valence-electron chi connectivity index (χ2n) is 17.9. The second-order valence-corrected chi connectivity index (χ2v) is 17.9. The van der Waals surface area contributed by atoms with Gasteiger partial charge in [-0.25, -0.2) is 4.90 Å². The van der Waals surface area contributed by atoms with Gasteiger partial charge >= 0.3 is 6.10 Å². The third-order valence-corrected chi connectivity index (χ3v) is 12.4. The Morgan fingerprint density at radius 1 is 0.351 bits per heavy atom. The molecule has 0 unspecified atom stereocenters. The van der Waals surface area contributed by atoms with Gasteiger partial charge in [-0.3, -0.25) is 9.64 Å². The molecule has 1 aromatic rings. The van der Waals surface area contributed by atoms with E-state index in [2.05, 4.69) is 61.8 Å². The summed E-state index contributed by atoms with van der Waals surface area (Å²) in [6.45, 7) is 13.8. The molecule has 0 fully saturated rings. The highest BCUT2D eigenvalue weighted by Crippen LogP contribution is 2.34. The fraction of sp³-hybridized carbons (Fsp3) is 0.885. The zero-order valence-electron chi connectivity index (χ0n) is 38.9. The van der Waals surface area contributed by atoms with Gasteiger partial charge in [-0.15, -0.1) is 0 Å². The highest BCUT2D eigenvalue weighted by molar-refractivity contribution is 5.33. The van der Waals surface area contributed by atoms with Crippen molar-refractivity contribution in [2.75, 3.05) is 32.9 Å². The summed E-state index contributed by atoms with van der Waals surface area (Å²) in [4.78, 5) is 5.01. The first kappa shape index (κ1) is 51.8. The maximum absolute atomic E-state index is 7.07. The smallest absolute Gasteiger partial charge is 0.417 e. The SMILES string of the molecule is CCCCCCCCCCCN(CCCCCCCCCCC)COC1(N(CCCCCCCCCCC)CCCCCCCCCCC)Oc2ccc(cc2)O1. The number of unbranched alkanes of at least 4 members (excludes halogenated alkanes) is 32. The van der Waals surface area contributed by atoms with Gasteiger partial charge in [0.15, 0.2) is 0 Å². The van der Waals surface area contributed by atoms with Gasteiger partial charge in [0.05, 0.1) is 0 Å². The summed E-state index contributed by atoms with van der Waals surface area (Å²) in [5.41, 5.74) is 0. The molecule has 0 aromatic heterocycles. The molecule has 5 heteroatoms. The van der Waals surface area contributed by atoms with E-state index < -0.39 is 6.10 Å². The Morgan fingerprint density at radius 3 is 0.877 bits per heavy atom. The second kappa shape index (κ2) is 37.7. The van der Waals surface area contributed by atoms with Gasteiger partial charge in [0, 0.05) is 26.2 Å². The molecule has 0 saturated heterocycles. The Kier molecular flexibility index (Phi) is 34.3. The molecule has 0 saturated carbocycles. The molecule has 2 bridgehead atoms. The van der Waals surface area contributed by atoms with Crippen molar-refractivity contribution >= 4 is 0 Å². The predicted molar refractivity (Wildman–Crippen MR) is 248 cm³/mol. The minimum absolute atomic E-state index is 0.542. The van der Waals surface area contributed by atoms with Gasteiger partial charge in [0.2, 0.25) is 0 Å². The summed E-state index contributed by atoms with van der Waals surface area (Å²) in [5, 5.41) is 0. The van der Waals surface area contributed by atoms with Crippen LogP contribution in [0.4, 0.5) is 0 Å². The molecule has 57 heavy (non-hydrogen) atoms.